The summed E-state index contributed by atoms with van der Waals surface area (Å²) in [6.45, 7) is 4.51. The van der Waals surface area contributed by atoms with E-state index in [1.807, 2.05) is 13.8 Å². The van der Waals surface area contributed by atoms with Crippen molar-refractivity contribution in [3.05, 3.63) is 59.2 Å². The van der Waals surface area contributed by atoms with Gasteiger partial charge in [0.05, 0.1) is 0 Å². The molecule has 31 heavy (non-hydrogen) atoms. The number of ether oxygens (including phenoxy) is 2. The number of halogens is 2. The summed E-state index contributed by atoms with van der Waals surface area (Å²) >= 11 is 0. The lowest BCUT2D eigenvalue weighted by atomic mass is 9.98. The predicted molar refractivity (Wildman–Crippen MR) is 115 cm³/mol. The van der Waals surface area contributed by atoms with Crippen molar-refractivity contribution in [2.75, 3.05) is 13.1 Å². The fourth-order valence-corrected chi connectivity index (χ4v) is 3.94. The quantitative estimate of drug-likeness (QED) is 0.649. The molecule has 2 aliphatic heterocycles. The SMILES string of the molecule is CC.OC(CNCC(O)C1CCc2cc(F)ccc2O1)C1CCc2cc(F)ccc2O1. The van der Waals surface area contributed by atoms with E-state index in [1.54, 1.807) is 12.1 Å². The average Bonchev–Trinajstić information content (AvgIpc) is 2.79. The van der Waals surface area contributed by atoms with Gasteiger partial charge in [0.2, 0.25) is 0 Å². The number of fused-ring (bicyclic) bond motifs is 2. The molecule has 5 nitrogen and oxygen atoms in total. The lowest BCUT2D eigenvalue weighted by Gasteiger charge is -2.31. The summed E-state index contributed by atoms with van der Waals surface area (Å²) in [4.78, 5) is 0. The third kappa shape index (κ3) is 5.93. The molecule has 2 heterocycles. The molecule has 3 N–H and O–H groups in total. The zero-order valence-electron chi connectivity index (χ0n) is 18.0. The van der Waals surface area contributed by atoms with E-state index >= 15 is 0 Å². The Hall–Kier alpha value is -2.22. The predicted octanol–water partition coefficient (Wildman–Crippen LogP) is 3.39. The van der Waals surface area contributed by atoms with Gasteiger partial charge in [-0.25, -0.2) is 8.78 Å². The number of hydrogen-bond acceptors (Lipinski definition) is 5. The maximum Gasteiger partial charge on any atom is 0.126 e. The summed E-state index contributed by atoms with van der Waals surface area (Å²) in [5.41, 5.74) is 1.62. The fraction of sp³-hybridized carbons (Fsp3) is 0.500. The van der Waals surface area contributed by atoms with Gasteiger partial charge < -0.3 is 25.0 Å². The number of rotatable bonds is 6. The van der Waals surface area contributed by atoms with Crippen LogP contribution in [-0.2, 0) is 12.8 Å². The van der Waals surface area contributed by atoms with Crippen LogP contribution in [0.2, 0.25) is 0 Å². The Bertz CT molecular complexity index is 794. The van der Waals surface area contributed by atoms with Gasteiger partial charge >= 0.3 is 0 Å². The maximum atomic E-state index is 13.3. The van der Waals surface area contributed by atoms with Crippen molar-refractivity contribution in [2.24, 2.45) is 0 Å². The van der Waals surface area contributed by atoms with E-state index in [0.717, 1.165) is 11.1 Å². The standard InChI is InChI=1S/C22H25F2NO4.C2H6/c23-15-3-7-19-13(9-15)1-5-21(28-19)17(26)11-25-12-18(27)22-6-2-14-10-16(24)4-8-20(14)29-22;1-2/h3-4,7-10,17-18,21-22,25-27H,1-2,5-6,11-12H2;1-2H3. The largest absolute Gasteiger partial charge is 0.487 e. The molecule has 7 heteroatoms. The van der Waals surface area contributed by atoms with Crippen molar-refractivity contribution in [2.45, 2.75) is 63.9 Å². The van der Waals surface area contributed by atoms with E-state index in [1.165, 1.54) is 24.3 Å². The van der Waals surface area contributed by atoms with Crippen LogP contribution in [0.25, 0.3) is 0 Å². The van der Waals surface area contributed by atoms with Crippen molar-refractivity contribution in [1.29, 1.82) is 0 Å². The Morgan fingerprint density at radius 1 is 0.839 bits per heavy atom. The third-order valence-corrected chi connectivity index (χ3v) is 5.56. The Balaban J connectivity index is 0.00000132. The Kier molecular flexibility index (Phi) is 8.23. The van der Waals surface area contributed by atoms with Gasteiger partial charge in [-0.2, -0.15) is 0 Å². The van der Waals surface area contributed by atoms with Crippen molar-refractivity contribution in [3.8, 4) is 11.5 Å². The first-order valence-corrected chi connectivity index (χ1v) is 11.0. The normalized spacial score (nSPS) is 21.4. The molecule has 4 rings (SSSR count). The van der Waals surface area contributed by atoms with Crippen LogP contribution in [0.5, 0.6) is 11.5 Å². The molecule has 2 aliphatic rings. The van der Waals surface area contributed by atoms with Crippen molar-refractivity contribution >= 4 is 0 Å². The highest BCUT2D eigenvalue weighted by atomic mass is 19.1. The van der Waals surface area contributed by atoms with Crippen LogP contribution in [0.4, 0.5) is 8.78 Å². The van der Waals surface area contributed by atoms with Gasteiger partial charge in [-0.1, -0.05) is 13.8 Å². The molecular formula is C24H31F2NO4. The van der Waals surface area contributed by atoms with E-state index < -0.39 is 12.2 Å². The second-order valence-corrected chi connectivity index (χ2v) is 7.69. The summed E-state index contributed by atoms with van der Waals surface area (Å²) in [6, 6.07) is 8.79. The van der Waals surface area contributed by atoms with Gasteiger partial charge in [0.15, 0.2) is 0 Å². The second kappa shape index (κ2) is 10.9. The number of benzene rings is 2. The summed E-state index contributed by atoms with van der Waals surface area (Å²) in [6.07, 6.45) is 0.214. The smallest absolute Gasteiger partial charge is 0.126 e. The van der Waals surface area contributed by atoms with Gasteiger partial charge in [0.25, 0.3) is 0 Å². The molecule has 2 aromatic rings. The van der Waals surface area contributed by atoms with Gasteiger partial charge in [0, 0.05) is 13.1 Å². The Morgan fingerprint density at radius 3 is 1.68 bits per heavy atom. The first-order chi connectivity index (χ1) is 15.0. The fourth-order valence-electron chi connectivity index (χ4n) is 3.94. The lowest BCUT2D eigenvalue weighted by Crippen LogP contribution is -2.46. The third-order valence-electron chi connectivity index (χ3n) is 5.56. The molecular weight excluding hydrogens is 404 g/mol. The van der Waals surface area contributed by atoms with Crippen LogP contribution in [0.1, 0.15) is 37.8 Å². The number of hydrogen-bond donors (Lipinski definition) is 3. The average molecular weight is 436 g/mol. The van der Waals surface area contributed by atoms with Crippen LogP contribution in [0, 0.1) is 11.6 Å². The number of nitrogens with one attached hydrogen (secondary N) is 1. The summed E-state index contributed by atoms with van der Waals surface area (Å²) in [5, 5.41) is 23.9. The minimum Gasteiger partial charge on any atom is -0.487 e. The van der Waals surface area contributed by atoms with Crippen LogP contribution >= 0.6 is 0 Å². The molecule has 0 radical (unpaired) electrons. The molecule has 0 aromatic heterocycles. The van der Waals surface area contributed by atoms with Gasteiger partial charge in [-0.3, -0.25) is 0 Å². The monoisotopic (exact) mass is 435 g/mol. The van der Waals surface area contributed by atoms with Crippen LogP contribution < -0.4 is 14.8 Å². The minimum absolute atomic E-state index is 0.257. The molecule has 0 saturated heterocycles. The Labute approximate surface area is 182 Å². The summed E-state index contributed by atoms with van der Waals surface area (Å²) in [5.74, 6) is 0.624. The topological polar surface area (TPSA) is 71.0 Å². The molecule has 0 bridgehead atoms. The molecule has 170 valence electrons. The highest BCUT2D eigenvalue weighted by molar-refractivity contribution is 5.36. The molecule has 4 unspecified atom stereocenters. The van der Waals surface area contributed by atoms with Crippen molar-refractivity contribution in [3.63, 3.8) is 0 Å². The van der Waals surface area contributed by atoms with Gasteiger partial charge in [-0.15, -0.1) is 0 Å². The maximum absolute atomic E-state index is 13.3. The zero-order valence-corrected chi connectivity index (χ0v) is 18.0. The molecule has 2 aromatic carbocycles. The van der Waals surface area contributed by atoms with E-state index in [0.29, 0.717) is 37.2 Å². The number of aryl methyl sites for hydroxylation is 2. The zero-order chi connectivity index (χ0) is 22.4. The summed E-state index contributed by atoms with van der Waals surface area (Å²) in [7, 11) is 0. The molecule has 0 amide bonds. The lowest BCUT2D eigenvalue weighted by molar-refractivity contribution is 0.00892. The van der Waals surface area contributed by atoms with E-state index in [4.69, 9.17) is 9.47 Å². The molecule has 4 atom stereocenters. The molecule has 0 aliphatic carbocycles. The van der Waals surface area contributed by atoms with Crippen LogP contribution in [0.15, 0.2) is 36.4 Å². The second-order valence-electron chi connectivity index (χ2n) is 7.69. The minimum atomic E-state index is -0.753. The van der Waals surface area contributed by atoms with Crippen LogP contribution in [0.3, 0.4) is 0 Å². The van der Waals surface area contributed by atoms with Crippen molar-refractivity contribution < 1.29 is 28.5 Å². The Morgan fingerprint density at radius 2 is 1.26 bits per heavy atom. The molecule has 0 spiro atoms. The first kappa shape index (κ1) is 23.4. The number of aliphatic hydroxyl groups is 2. The molecule has 0 fully saturated rings. The first-order valence-electron chi connectivity index (χ1n) is 11.0. The molecule has 0 saturated carbocycles. The van der Waals surface area contributed by atoms with Crippen molar-refractivity contribution in [1.82, 2.24) is 5.32 Å². The van der Waals surface area contributed by atoms with Gasteiger partial charge in [-0.05, 0) is 73.2 Å². The highest BCUT2D eigenvalue weighted by Gasteiger charge is 2.29. The number of aliphatic hydroxyl groups excluding tert-OH is 2. The van der Waals surface area contributed by atoms with E-state index in [9.17, 15) is 19.0 Å². The van der Waals surface area contributed by atoms with E-state index in [2.05, 4.69) is 5.32 Å². The van der Waals surface area contributed by atoms with Crippen LogP contribution in [-0.4, -0.2) is 47.7 Å². The van der Waals surface area contributed by atoms with E-state index in [-0.39, 0.29) is 36.9 Å². The van der Waals surface area contributed by atoms with Gasteiger partial charge in [0.1, 0.15) is 47.5 Å². The summed E-state index contributed by atoms with van der Waals surface area (Å²) < 4.78 is 38.2. The highest BCUT2D eigenvalue weighted by Crippen LogP contribution is 2.30.